The fourth-order valence-electron chi connectivity index (χ4n) is 1.72. The first-order valence-electron chi connectivity index (χ1n) is 6.24. The van der Waals surface area contributed by atoms with Crippen molar-refractivity contribution < 1.29 is 4.74 Å². The summed E-state index contributed by atoms with van der Waals surface area (Å²) in [5.74, 6) is 0.577. The molecule has 2 rings (SSSR count). The molecule has 1 atom stereocenters. The van der Waals surface area contributed by atoms with E-state index < -0.39 is 0 Å². The second-order valence-electron chi connectivity index (χ2n) is 4.30. The average molecular weight is 281 g/mol. The molecule has 0 spiro atoms. The number of nitrogens with zero attached hydrogens (tertiary/aromatic N) is 4. The minimum absolute atomic E-state index is 0.192. The highest BCUT2D eigenvalue weighted by Crippen LogP contribution is 2.22. The SMILES string of the molecule is CCCn1cc(-c2cc(Cl)nc(C(C)OC)n2)cn1. The van der Waals surface area contributed by atoms with Crippen LogP contribution in [0.2, 0.25) is 5.15 Å². The van der Waals surface area contributed by atoms with Crippen LogP contribution < -0.4 is 0 Å². The third-order valence-electron chi connectivity index (χ3n) is 2.81. The molecule has 5 nitrogen and oxygen atoms in total. The second kappa shape index (κ2) is 6.12. The Kier molecular flexibility index (Phi) is 4.50. The van der Waals surface area contributed by atoms with Crippen LogP contribution in [-0.2, 0) is 11.3 Å². The zero-order chi connectivity index (χ0) is 13.8. The van der Waals surface area contributed by atoms with Gasteiger partial charge in [0.1, 0.15) is 11.3 Å². The lowest BCUT2D eigenvalue weighted by Gasteiger charge is -2.09. The molecule has 0 saturated carbocycles. The average Bonchev–Trinajstić information content (AvgIpc) is 2.86. The number of aromatic nitrogens is 4. The van der Waals surface area contributed by atoms with Crippen LogP contribution in [0.1, 0.15) is 32.2 Å². The topological polar surface area (TPSA) is 52.8 Å². The summed E-state index contributed by atoms with van der Waals surface area (Å²) in [6, 6.07) is 1.74. The first-order chi connectivity index (χ1) is 9.13. The van der Waals surface area contributed by atoms with Crippen LogP contribution in [0.25, 0.3) is 11.3 Å². The molecule has 6 heteroatoms. The summed E-state index contributed by atoms with van der Waals surface area (Å²) in [5.41, 5.74) is 1.70. The maximum absolute atomic E-state index is 6.04. The van der Waals surface area contributed by atoms with E-state index in [0.717, 1.165) is 24.2 Å². The smallest absolute Gasteiger partial charge is 0.159 e. The van der Waals surface area contributed by atoms with Gasteiger partial charge in [-0.3, -0.25) is 4.68 Å². The molecule has 2 heterocycles. The van der Waals surface area contributed by atoms with Crippen LogP contribution in [0.4, 0.5) is 0 Å². The predicted octanol–water partition coefficient (Wildman–Crippen LogP) is 3.11. The number of hydrogen-bond acceptors (Lipinski definition) is 4. The van der Waals surface area contributed by atoms with Gasteiger partial charge in [-0.05, 0) is 13.3 Å². The van der Waals surface area contributed by atoms with E-state index in [2.05, 4.69) is 22.0 Å². The van der Waals surface area contributed by atoms with Crippen LogP contribution in [0.15, 0.2) is 18.5 Å². The van der Waals surface area contributed by atoms with Crippen molar-refractivity contribution in [2.24, 2.45) is 0 Å². The molecule has 0 aliphatic heterocycles. The lowest BCUT2D eigenvalue weighted by molar-refractivity contribution is 0.112. The highest BCUT2D eigenvalue weighted by atomic mass is 35.5. The summed E-state index contributed by atoms with van der Waals surface area (Å²) in [5, 5.41) is 4.70. The Balaban J connectivity index is 2.35. The number of hydrogen-bond donors (Lipinski definition) is 0. The van der Waals surface area contributed by atoms with Gasteiger partial charge < -0.3 is 4.74 Å². The van der Waals surface area contributed by atoms with Gasteiger partial charge in [-0.1, -0.05) is 18.5 Å². The molecule has 2 aromatic rings. The van der Waals surface area contributed by atoms with Crippen molar-refractivity contribution in [3.63, 3.8) is 0 Å². The van der Waals surface area contributed by atoms with Gasteiger partial charge in [0.2, 0.25) is 0 Å². The highest BCUT2D eigenvalue weighted by Gasteiger charge is 2.12. The van der Waals surface area contributed by atoms with Gasteiger partial charge in [0.25, 0.3) is 0 Å². The van der Waals surface area contributed by atoms with Crippen molar-refractivity contribution >= 4 is 11.6 Å². The molecular weight excluding hydrogens is 264 g/mol. The maximum atomic E-state index is 6.04. The fraction of sp³-hybridized carbons (Fsp3) is 0.462. The Morgan fingerprint density at radius 1 is 1.42 bits per heavy atom. The summed E-state index contributed by atoms with van der Waals surface area (Å²) in [6.07, 6.45) is 4.60. The molecule has 1 unspecified atom stereocenters. The lowest BCUT2D eigenvalue weighted by atomic mass is 10.2. The number of halogens is 1. The Hall–Kier alpha value is -1.46. The molecule has 0 aliphatic rings. The number of methoxy groups -OCH3 is 1. The molecule has 0 N–H and O–H groups in total. The minimum atomic E-state index is -0.192. The Labute approximate surface area is 117 Å². The molecule has 0 aromatic carbocycles. The molecule has 0 bridgehead atoms. The van der Waals surface area contributed by atoms with Crippen LogP contribution in [0.5, 0.6) is 0 Å². The van der Waals surface area contributed by atoms with Gasteiger partial charge in [0.05, 0.1) is 11.9 Å². The quantitative estimate of drug-likeness (QED) is 0.790. The molecule has 102 valence electrons. The van der Waals surface area contributed by atoms with Crippen LogP contribution in [-0.4, -0.2) is 26.9 Å². The van der Waals surface area contributed by atoms with Crippen LogP contribution in [0.3, 0.4) is 0 Å². The lowest BCUT2D eigenvalue weighted by Crippen LogP contribution is -2.03. The van der Waals surface area contributed by atoms with E-state index in [1.54, 1.807) is 19.4 Å². The van der Waals surface area contributed by atoms with Gasteiger partial charge >= 0.3 is 0 Å². The summed E-state index contributed by atoms with van der Waals surface area (Å²) >= 11 is 6.04. The number of aryl methyl sites for hydroxylation is 1. The van der Waals surface area contributed by atoms with Crippen molar-refractivity contribution in [1.29, 1.82) is 0 Å². The highest BCUT2D eigenvalue weighted by molar-refractivity contribution is 6.29. The van der Waals surface area contributed by atoms with Gasteiger partial charge in [-0.25, -0.2) is 9.97 Å². The summed E-state index contributed by atoms with van der Waals surface area (Å²) in [4.78, 5) is 8.65. The predicted molar refractivity (Wildman–Crippen MR) is 74.0 cm³/mol. The van der Waals surface area contributed by atoms with E-state index in [1.165, 1.54) is 0 Å². The molecule has 0 saturated heterocycles. The van der Waals surface area contributed by atoms with E-state index in [9.17, 15) is 0 Å². The third kappa shape index (κ3) is 3.30. The second-order valence-corrected chi connectivity index (χ2v) is 4.69. The van der Waals surface area contributed by atoms with Gasteiger partial charge in [0.15, 0.2) is 5.82 Å². The van der Waals surface area contributed by atoms with Crippen molar-refractivity contribution in [2.45, 2.75) is 32.9 Å². The summed E-state index contributed by atoms with van der Waals surface area (Å²) < 4.78 is 7.12. The van der Waals surface area contributed by atoms with E-state index in [-0.39, 0.29) is 6.10 Å². The van der Waals surface area contributed by atoms with Gasteiger partial charge in [-0.15, -0.1) is 0 Å². The van der Waals surface area contributed by atoms with Crippen molar-refractivity contribution in [1.82, 2.24) is 19.7 Å². The molecule has 19 heavy (non-hydrogen) atoms. The molecule has 0 amide bonds. The molecule has 0 fully saturated rings. The fourth-order valence-corrected chi connectivity index (χ4v) is 1.91. The van der Waals surface area contributed by atoms with E-state index in [1.807, 2.05) is 17.8 Å². The summed E-state index contributed by atoms with van der Waals surface area (Å²) in [7, 11) is 1.62. The number of ether oxygens (including phenoxy) is 1. The Morgan fingerprint density at radius 2 is 2.21 bits per heavy atom. The molecule has 0 aliphatic carbocycles. The van der Waals surface area contributed by atoms with Gasteiger partial charge in [-0.2, -0.15) is 5.10 Å². The van der Waals surface area contributed by atoms with Crippen molar-refractivity contribution in [3.05, 3.63) is 29.4 Å². The van der Waals surface area contributed by atoms with Crippen LogP contribution >= 0.6 is 11.6 Å². The van der Waals surface area contributed by atoms with E-state index in [0.29, 0.717) is 11.0 Å². The third-order valence-corrected chi connectivity index (χ3v) is 3.00. The Morgan fingerprint density at radius 3 is 2.89 bits per heavy atom. The van der Waals surface area contributed by atoms with E-state index in [4.69, 9.17) is 16.3 Å². The van der Waals surface area contributed by atoms with Crippen molar-refractivity contribution in [3.8, 4) is 11.3 Å². The summed E-state index contributed by atoms with van der Waals surface area (Å²) in [6.45, 7) is 4.89. The zero-order valence-corrected chi connectivity index (χ0v) is 12.1. The molecule has 0 radical (unpaired) electrons. The maximum Gasteiger partial charge on any atom is 0.159 e. The normalized spacial score (nSPS) is 12.6. The van der Waals surface area contributed by atoms with E-state index >= 15 is 0 Å². The zero-order valence-electron chi connectivity index (χ0n) is 11.3. The van der Waals surface area contributed by atoms with Crippen molar-refractivity contribution in [2.75, 3.05) is 7.11 Å². The largest absolute Gasteiger partial charge is 0.374 e. The van der Waals surface area contributed by atoms with Crippen LogP contribution in [0, 0.1) is 0 Å². The standard InChI is InChI=1S/C13H17ClN4O/c1-4-5-18-8-10(7-15-18)11-6-12(14)17-13(16-11)9(2)19-3/h6-9H,4-5H2,1-3H3. The molecule has 2 aromatic heterocycles. The first-order valence-corrected chi connectivity index (χ1v) is 6.62. The monoisotopic (exact) mass is 280 g/mol. The minimum Gasteiger partial charge on any atom is -0.374 e. The Bertz CT molecular complexity index is 555. The number of rotatable bonds is 5. The van der Waals surface area contributed by atoms with Gasteiger partial charge in [0, 0.05) is 31.5 Å². The molecular formula is C13H17ClN4O. The first kappa shape index (κ1) is 14.0.